The Morgan fingerprint density at radius 1 is 1.58 bits per heavy atom. The van der Waals surface area contributed by atoms with Crippen molar-refractivity contribution in [3.8, 4) is 0 Å². The second kappa shape index (κ2) is 6.01. The molecule has 1 saturated heterocycles. The Balaban J connectivity index is 2.12. The first-order valence-electron chi connectivity index (χ1n) is 7.03. The molecule has 0 spiro atoms. The Morgan fingerprint density at radius 3 is 2.84 bits per heavy atom. The van der Waals surface area contributed by atoms with Crippen molar-refractivity contribution in [1.29, 1.82) is 5.41 Å². The maximum atomic E-state index is 7.67. The van der Waals surface area contributed by atoms with Gasteiger partial charge in [0.05, 0.1) is 17.1 Å². The van der Waals surface area contributed by atoms with Crippen LogP contribution in [0.1, 0.15) is 55.1 Å². The van der Waals surface area contributed by atoms with Crippen molar-refractivity contribution in [1.82, 2.24) is 9.88 Å². The van der Waals surface area contributed by atoms with E-state index in [1.54, 1.807) is 11.3 Å². The van der Waals surface area contributed by atoms with Crippen LogP contribution in [0.3, 0.4) is 0 Å². The van der Waals surface area contributed by atoms with E-state index in [0.29, 0.717) is 5.92 Å². The van der Waals surface area contributed by atoms with Gasteiger partial charge in [-0.25, -0.2) is 4.98 Å². The molecule has 1 aliphatic heterocycles. The van der Waals surface area contributed by atoms with Gasteiger partial charge in [-0.1, -0.05) is 20.8 Å². The average Bonchev–Trinajstić information content (AvgIpc) is 2.73. The summed E-state index contributed by atoms with van der Waals surface area (Å²) in [5.41, 5.74) is 6.64. The monoisotopic (exact) mass is 280 g/mol. The van der Waals surface area contributed by atoms with Crippen molar-refractivity contribution in [2.75, 3.05) is 13.1 Å². The molecule has 3 N–H and O–H groups in total. The highest BCUT2D eigenvalue weighted by Crippen LogP contribution is 2.26. The summed E-state index contributed by atoms with van der Waals surface area (Å²) in [5.74, 6) is 1.26. The highest BCUT2D eigenvalue weighted by Gasteiger charge is 2.20. The van der Waals surface area contributed by atoms with Crippen molar-refractivity contribution in [3.63, 3.8) is 0 Å². The van der Waals surface area contributed by atoms with E-state index in [1.807, 2.05) is 0 Å². The second-order valence-electron chi connectivity index (χ2n) is 5.87. The summed E-state index contributed by atoms with van der Waals surface area (Å²) in [6.07, 6.45) is 2.62. The van der Waals surface area contributed by atoms with Crippen molar-refractivity contribution in [2.24, 2.45) is 11.7 Å². The van der Waals surface area contributed by atoms with Gasteiger partial charge < -0.3 is 5.73 Å². The molecule has 0 bridgehead atoms. The lowest BCUT2D eigenvalue weighted by molar-refractivity contribution is 0.176. The first-order valence-corrected chi connectivity index (χ1v) is 7.85. The molecule has 19 heavy (non-hydrogen) atoms. The topological polar surface area (TPSA) is 66.0 Å². The third-order valence-electron chi connectivity index (χ3n) is 3.59. The van der Waals surface area contributed by atoms with E-state index in [9.17, 15) is 0 Å². The third kappa shape index (κ3) is 3.54. The van der Waals surface area contributed by atoms with E-state index in [0.717, 1.165) is 41.1 Å². The minimum absolute atomic E-state index is 0.152. The Labute approximate surface area is 119 Å². The average molecular weight is 280 g/mol. The van der Waals surface area contributed by atoms with E-state index in [-0.39, 0.29) is 5.84 Å². The minimum Gasteiger partial charge on any atom is -0.383 e. The van der Waals surface area contributed by atoms with Gasteiger partial charge >= 0.3 is 0 Å². The molecule has 1 atom stereocenters. The van der Waals surface area contributed by atoms with Crippen LogP contribution >= 0.6 is 11.3 Å². The minimum atomic E-state index is 0.152. The smallest absolute Gasteiger partial charge is 0.135 e. The van der Waals surface area contributed by atoms with E-state index >= 15 is 0 Å². The molecule has 0 amide bonds. The Kier molecular flexibility index (Phi) is 4.58. The molecule has 1 unspecified atom stereocenters. The Hall–Kier alpha value is -0.940. The van der Waals surface area contributed by atoms with Crippen LogP contribution in [0.25, 0.3) is 0 Å². The van der Waals surface area contributed by atoms with E-state index in [2.05, 4.69) is 25.7 Å². The molecule has 0 radical (unpaired) electrons. The predicted octanol–water partition coefficient (Wildman–Crippen LogP) is 2.78. The first kappa shape index (κ1) is 14.5. The molecule has 0 aromatic carbocycles. The van der Waals surface area contributed by atoms with Gasteiger partial charge in [0.1, 0.15) is 10.8 Å². The molecule has 1 aromatic rings. The summed E-state index contributed by atoms with van der Waals surface area (Å²) in [6.45, 7) is 9.75. The Bertz CT molecular complexity index is 452. The fraction of sp³-hybridized carbons (Fsp3) is 0.714. The molecule has 1 aromatic heterocycles. The van der Waals surface area contributed by atoms with Crippen LogP contribution in [0.5, 0.6) is 0 Å². The summed E-state index contributed by atoms with van der Waals surface area (Å²) < 4.78 is 0. The molecular formula is C14H24N4S. The predicted molar refractivity (Wildman–Crippen MR) is 80.9 cm³/mol. The molecule has 4 nitrogen and oxygen atoms in total. The van der Waals surface area contributed by atoms with Gasteiger partial charge in [0.25, 0.3) is 0 Å². The SMILES string of the molecule is CC1CCCN(Cc2nc(C(C)C)c(C(=N)N)s2)C1. The maximum absolute atomic E-state index is 7.67. The van der Waals surface area contributed by atoms with Crippen molar-refractivity contribution < 1.29 is 0 Å². The van der Waals surface area contributed by atoms with E-state index in [1.165, 1.54) is 12.8 Å². The standard InChI is InChI=1S/C14H24N4S/c1-9(2)12-13(14(15)16)19-11(17-12)8-18-6-4-5-10(3)7-18/h9-10H,4-8H2,1-3H3,(H3,15,16). The lowest BCUT2D eigenvalue weighted by Gasteiger charge is -2.29. The Morgan fingerprint density at radius 2 is 2.32 bits per heavy atom. The number of rotatable bonds is 4. The number of amidine groups is 1. The normalized spacial score (nSPS) is 20.9. The summed E-state index contributed by atoms with van der Waals surface area (Å²) in [6, 6.07) is 0. The van der Waals surface area contributed by atoms with Gasteiger partial charge in [-0.15, -0.1) is 11.3 Å². The number of aromatic nitrogens is 1. The molecular weight excluding hydrogens is 256 g/mol. The fourth-order valence-electron chi connectivity index (χ4n) is 2.65. The number of hydrogen-bond donors (Lipinski definition) is 2. The number of nitrogens with one attached hydrogen (secondary N) is 1. The van der Waals surface area contributed by atoms with Gasteiger partial charge in [-0.05, 0) is 31.2 Å². The van der Waals surface area contributed by atoms with E-state index in [4.69, 9.17) is 16.1 Å². The van der Waals surface area contributed by atoms with Crippen LogP contribution in [-0.4, -0.2) is 28.8 Å². The number of likely N-dealkylation sites (tertiary alicyclic amines) is 1. The van der Waals surface area contributed by atoms with Gasteiger partial charge in [-0.2, -0.15) is 0 Å². The zero-order chi connectivity index (χ0) is 14.0. The van der Waals surface area contributed by atoms with Crippen LogP contribution in [0.15, 0.2) is 0 Å². The van der Waals surface area contributed by atoms with Gasteiger partial charge in [-0.3, -0.25) is 10.3 Å². The van der Waals surface area contributed by atoms with Gasteiger partial charge in [0.2, 0.25) is 0 Å². The van der Waals surface area contributed by atoms with Crippen molar-refractivity contribution in [3.05, 3.63) is 15.6 Å². The van der Waals surface area contributed by atoms with Gasteiger partial charge in [0.15, 0.2) is 0 Å². The van der Waals surface area contributed by atoms with Crippen LogP contribution in [0, 0.1) is 11.3 Å². The summed E-state index contributed by atoms with van der Waals surface area (Å²) in [4.78, 5) is 8.04. The number of piperidine rings is 1. The number of nitrogens with zero attached hydrogens (tertiary/aromatic N) is 2. The van der Waals surface area contributed by atoms with E-state index < -0.39 is 0 Å². The number of nitrogen functional groups attached to an aromatic ring is 1. The van der Waals surface area contributed by atoms with Gasteiger partial charge in [0, 0.05) is 6.54 Å². The van der Waals surface area contributed by atoms with Crippen molar-refractivity contribution >= 4 is 17.2 Å². The molecule has 2 heterocycles. The number of nitrogens with two attached hydrogens (primary N) is 1. The highest BCUT2D eigenvalue weighted by atomic mass is 32.1. The number of hydrogen-bond acceptors (Lipinski definition) is 4. The number of thiazole rings is 1. The zero-order valence-corrected chi connectivity index (χ0v) is 12.9. The fourth-order valence-corrected chi connectivity index (χ4v) is 3.77. The maximum Gasteiger partial charge on any atom is 0.135 e. The largest absolute Gasteiger partial charge is 0.383 e. The quantitative estimate of drug-likeness (QED) is 0.658. The molecule has 2 rings (SSSR count). The van der Waals surface area contributed by atoms with Crippen LogP contribution in [-0.2, 0) is 6.54 Å². The van der Waals surface area contributed by atoms with Crippen LogP contribution in [0.4, 0.5) is 0 Å². The summed E-state index contributed by atoms with van der Waals surface area (Å²) >= 11 is 1.59. The molecule has 0 saturated carbocycles. The third-order valence-corrected chi connectivity index (χ3v) is 4.68. The molecule has 106 valence electrons. The lowest BCUT2D eigenvalue weighted by Crippen LogP contribution is -2.33. The highest BCUT2D eigenvalue weighted by molar-refractivity contribution is 7.13. The van der Waals surface area contributed by atoms with Crippen molar-refractivity contribution in [2.45, 2.75) is 46.1 Å². The van der Waals surface area contributed by atoms with Crippen LogP contribution in [0.2, 0.25) is 0 Å². The van der Waals surface area contributed by atoms with Crippen LogP contribution < -0.4 is 5.73 Å². The molecule has 5 heteroatoms. The first-order chi connectivity index (χ1) is 8.97. The summed E-state index contributed by atoms with van der Waals surface area (Å²) in [5, 5.41) is 8.77. The molecule has 0 aliphatic carbocycles. The molecule has 1 fully saturated rings. The summed E-state index contributed by atoms with van der Waals surface area (Å²) in [7, 11) is 0. The zero-order valence-electron chi connectivity index (χ0n) is 12.1. The molecule has 1 aliphatic rings. The lowest BCUT2D eigenvalue weighted by atomic mass is 10.0. The second-order valence-corrected chi connectivity index (χ2v) is 6.96.